The minimum Gasteiger partial charge on any atom is -0.336 e. The van der Waals surface area contributed by atoms with Gasteiger partial charge in [0, 0.05) is 43.8 Å². The molecule has 12 heteroatoms. The van der Waals surface area contributed by atoms with Crippen molar-refractivity contribution >= 4 is 62.0 Å². The fourth-order valence-electron chi connectivity index (χ4n) is 4.66. The lowest BCUT2D eigenvalue weighted by Crippen LogP contribution is -2.44. The van der Waals surface area contributed by atoms with Crippen LogP contribution in [0.25, 0.3) is 16.5 Å². The van der Waals surface area contributed by atoms with Crippen molar-refractivity contribution < 1.29 is 18.8 Å². The number of benzene rings is 1. The first-order chi connectivity index (χ1) is 18.6. The number of anilines is 1. The van der Waals surface area contributed by atoms with E-state index in [0.29, 0.717) is 21.3 Å². The fourth-order valence-corrected chi connectivity index (χ4v) is 5.00. The Labute approximate surface area is 232 Å². The Kier molecular flexibility index (Phi) is 7.13. The lowest BCUT2D eigenvalue weighted by molar-refractivity contribution is -0.137. The Balaban J connectivity index is 1.40. The normalized spacial score (nSPS) is 19.0. The molecule has 0 spiro atoms. The van der Waals surface area contributed by atoms with Gasteiger partial charge in [0.05, 0.1) is 12.1 Å². The predicted octanol–water partition coefficient (Wildman–Crippen LogP) is 3.80. The minimum absolute atomic E-state index is 0.120. The first-order valence-electron chi connectivity index (χ1n) is 12.2. The summed E-state index contributed by atoms with van der Waals surface area (Å²) in [4.78, 5) is 50.2. The van der Waals surface area contributed by atoms with Crippen LogP contribution in [0.2, 0.25) is 0 Å². The van der Waals surface area contributed by atoms with E-state index in [1.807, 2.05) is 25.4 Å². The van der Waals surface area contributed by atoms with Gasteiger partial charge in [0.15, 0.2) is 5.78 Å². The number of alkyl halides is 1. The summed E-state index contributed by atoms with van der Waals surface area (Å²) in [6, 6.07) is 9.47. The number of carbonyl (C=O) groups excluding carboxylic acids is 3. The number of fused-ring (bicyclic) bond motifs is 1. The summed E-state index contributed by atoms with van der Waals surface area (Å²) in [5, 5.41) is 7.64. The average molecular weight is 594 g/mol. The Bertz CT molecular complexity index is 1580. The van der Waals surface area contributed by atoms with Gasteiger partial charge >= 0.3 is 0 Å². The van der Waals surface area contributed by atoms with Crippen molar-refractivity contribution in [2.24, 2.45) is 4.99 Å². The molecule has 2 aliphatic heterocycles. The first-order valence-corrected chi connectivity index (χ1v) is 13.0. The van der Waals surface area contributed by atoms with Crippen molar-refractivity contribution in [2.75, 3.05) is 18.9 Å². The largest absolute Gasteiger partial charge is 0.336 e. The summed E-state index contributed by atoms with van der Waals surface area (Å²) < 4.78 is 16.4. The lowest BCUT2D eigenvalue weighted by atomic mass is 10.0. The van der Waals surface area contributed by atoms with Gasteiger partial charge in [0.1, 0.15) is 40.7 Å². The second kappa shape index (κ2) is 10.5. The van der Waals surface area contributed by atoms with E-state index in [2.05, 4.69) is 42.9 Å². The van der Waals surface area contributed by atoms with Crippen LogP contribution in [0.1, 0.15) is 29.4 Å². The molecule has 1 fully saturated rings. The molecule has 1 N–H and O–H groups in total. The number of rotatable bonds is 6. The molecule has 0 unspecified atom stereocenters. The fraction of sp³-hybridized carbons (Fsp3) is 0.259. The van der Waals surface area contributed by atoms with Gasteiger partial charge in [-0.05, 0) is 45.8 Å². The van der Waals surface area contributed by atoms with E-state index in [4.69, 9.17) is 0 Å². The molecule has 0 aliphatic carbocycles. The van der Waals surface area contributed by atoms with Crippen LogP contribution < -0.4 is 5.32 Å². The van der Waals surface area contributed by atoms with Crippen LogP contribution in [0.15, 0.2) is 64.6 Å². The number of allylic oxidation sites excluding steroid dienone is 1. The Morgan fingerprint density at radius 3 is 2.74 bits per heavy atom. The number of likely N-dealkylation sites (tertiary alicyclic amines) is 1. The van der Waals surface area contributed by atoms with E-state index < -0.39 is 24.0 Å². The second-order valence-electron chi connectivity index (χ2n) is 9.39. The third-order valence-electron chi connectivity index (χ3n) is 6.63. The number of hydrogen-bond acceptors (Lipinski definition) is 7. The Morgan fingerprint density at radius 2 is 2.03 bits per heavy atom. The van der Waals surface area contributed by atoms with Gasteiger partial charge in [0.25, 0.3) is 0 Å². The molecule has 2 aliphatic rings. The van der Waals surface area contributed by atoms with E-state index >= 15 is 0 Å². The summed E-state index contributed by atoms with van der Waals surface area (Å²) in [6.07, 6.45) is 2.11. The number of amides is 2. The number of nitrogens with zero attached hydrogens (tertiary/aromatic N) is 6. The number of aliphatic imine (C=N–C) groups is 1. The maximum absolute atomic E-state index is 14.4. The van der Waals surface area contributed by atoms with Gasteiger partial charge in [-0.2, -0.15) is 5.10 Å². The van der Waals surface area contributed by atoms with Gasteiger partial charge in [-0.15, -0.1) is 0 Å². The topological polar surface area (TPSA) is 113 Å². The molecule has 39 heavy (non-hydrogen) atoms. The highest BCUT2D eigenvalue weighted by molar-refractivity contribution is 9.10. The monoisotopic (exact) mass is 593 g/mol. The number of Topliss-reactive ketones (excluding diaryl/α,β-unsaturated/α-hetero) is 1. The Hall–Kier alpha value is -4.19. The zero-order valence-corrected chi connectivity index (χ0v) is 22.9. The predicted molar refractivity (Wildman–Crippen MR) is 149 cm³/mol. The van der Waals surface area contributed by atoms with E-state index in [0.717, 1.165) is 11.1 Å². The summed E-state index contributed by atoms with van der Waals surface area (Å²) in [6.45, 7) is 4.79. The highest BCUT2D eigenvalue weighted by atomic mass is 79.9. The van der Waals surface area contributed by atoms with Crippen molar-refractivity contribution in [1.29, 1.82) is 0 Å². The summed E-state index contributed by atoms with van der Waals surface area (Å²) >= 11 is 3.25. The van der Waals surface area contributed by atoms with Crippen molar-refractivity contribution in [3.8, 4) is 0 Å². The van der Waals surface area contributed by atoms with Crippen molar-refractivity contribution in [1.82, 2.24) is 24.6 Å². The molecular weight excluding hydrogens is 569 g/mol. The first kappa shape index (κ1) is 26.4. The molecule has 10 nitrogen and oxygen atoms in total. The van der Waals surface area contributed by atoms with E-state index in [-0.39, 0.29) is 36.8 Å². The Morgan fingerprint density at radius 1 is 1.23 bits per heavy atom. The van der Waals surface area contributed by atoms with Crippen molar-refractivity contribution in [3.05, 3.63) is 70.9 Å². The summed E-state index contributed by atoms with van der Waals surface area (Å²) in [7, 11) is 1.84. The van der Waals surface area contributed by atoms with Gasteiger partial charge in [-0.3, -0.25) is 19.1 Å². The van der Waals surface area contributed by atoms with Crippen LogP contribution in [0.4, 0.5) is 10.2 Å². The molecule has 2 aromatic heterocycles. The van der Waals surface area contributed by atoms with Crippen molar-refractivity contribution in [2.45, 2.75) is 32.1 Å². The number of aromatic nitrogens is 3. The maximum atomic E-state index is 14.4. The van der Waals surface area contributed by atoms with Crippen LogP contribution in [0, 0.1) is 0 Å². The van der Waals surface area contributed by atoms with Gasteiger partial charge < -0.3 is 15.1 Å². The zero-order valence-electron chi connectivity index (χ0n) is 21.3. The van der Waals surface area contributed by atoms with Crippen LogP contribution in [-0.4, -0.2) is 74.2 Å². The van der Waals surface area contributed by atoms with Crippen LogP contribution in [0.5, 0.6) is 0 Å². The average Bonchev–Trinajstić information content (AvgIpc) is 3.46. The SMILES string of the molecule is C=C1N=CC(c2ccc3c(c2)c(C(C)=O)nn3CC(=O)N2C[C@H](F)C[C@H]2C(=O)Nc2cccc(Br)n2)=CN1C. The van der Waals surface area contributed by atoms with Crippen LogP contribution in [-0.2, 0) is 16.1 Å². The molecule has 0 bridgehead atoms. The molecule has 5 rings (SSSR count). The number of pyridine rings is 1. The number of hydrogen-bond donors (Lipinski definition) is 1. The molecule has 1 saturated heterocycles. The van der Waals surface area contributed by atoms with E-state index in [1.165, 1.54) is 16.5 Å². The molecule has 2 atom stereocenters. The van der Waals surface area contributed by atoms with Crippen LogP contribution in [0.3, 0.4) is 0 Å². The minimum atomic E-state index is -1.34. The third-order valence-corrected chi connectivity index (χ3v) is 7.08. The highest BCUT2D eigenvalue weighted by Crippen LogP contribution is 2.28. The second-order valence-corrected chi connectivity index (χ2v) is 10.2. The molecule has 4 heterocycles. The molecule has 200 valence electrons. The molecular formula is C27H25BrFN7O3. The van der Waals surface area contributed by atoms with Gasteiger partial charge in [-0.1, -0.05) is 18.7 Å². The summed E-state index contributed by atoms with van der Waals surface area (Å²) in [5.41, 5.74) is 2.42. The smallest absolute Gasteiger partial charge is 0.248 e. The lowest BCUT2D eigenvalue weighted by Gasteiger charge is -2.23. The highest BCUT2D eigenvalue weighted by Gasteiger charge is 2.40. The molecule has 3 aromatic rings. The van der Waals surface area contributed by atoms with Crippen LogP contribution >= 0.6 is 15.9 Å². The molecule has 2 amide bonds. The van der Waals surface area contributed by atoms with E-state index in [1.54, 1.807) is 35.4 Å². The van der Waals surface area contributed by atoms with Crippen molar-refractivity contribution in [3.63, 3.8) is 0 Å². The van der Waals surface area contributed by atoms with E-state index in [9.17, 15) is 18.8 Å². The zero-order chi connectivity index (χ0) is 27.8. The van der Waals surface area contributed by atoms with Gasteiger partial charge in [0.2, 0.25) is 11.8 Å². The molecule has 1 aromatic carbocycles. The number of ketones is 1. The quantitative estimate of drug-likeness (QED) is 0.343. The summed E-state index contributed by atoms with van der Waals surface area (Å²) in [5.74, 6) is -0.374. The standard InChI is InChI=1S/C27H25BrFN7O3/c1-15(37)26-20-9-17(18-11-30-16(2)34(3)12-18)7-8-21(20)36(33-26)14-25(38)35-13-19(29)10-22(35)27(39)32-24-6-4-5-23(28)31-24/h4-9,11-12,19,22H,2,10,13-14H2,1,3H3,(H,31,32,39)/t19-,22+/m1/s1. The third kappa shape index (κ3) is 5.37. The molecule has 0 radical (unpaired) electrons. The van der Waals surface area contributed by atoms with Gasteiger partial charge in [-0.25, -0.2) is 14.4 Å². The maximum Gasteiger partial charge on any atom is 0.248 e. The number of halogens is 2. The molecule has 0 saturated carbocycles. The number of carbonyl (C=O) groups is 3. The number of nitrogens with one attached hydrogen (secondary N) is 1.